The first kappa shape index (κ1) is 15.6. The minimum absolute atomic E-state index is 0.210. The molecule has 2 atom stereocenters. The standard InChI is InChI=1S/C18H19ClN2/c1-3-18(16-5-4-6-17(19)11-16)21-13(2)15-9-7-14(12-20)8-10-15/h4-11,13,18,21H,3H2,1-2H3. The Morgan fingerprint density at radius 1 is 1.14 bits per heavy atom. The van der Waals surface area contributed by atoms with E-state index >= 15 is 0 Å². The summed E-state index contributed by atoms with van der Waals surface area (Å²) >= 11 is 6.07. The van der Waals surface area contributed by atoms with Gasteiger partial charge in [0.1, 0.15) is 0 Å². The molecule has 2 nitrogen and oxygen atoms in total. The van der Waals surface area contributed by atoms with Crippen LogP contribution in [0.15, 0.2) is 48.5 Å². The molecule has 108 valence electrons. The lowest BCUT2D eigenvalue weighted by atomic mass is 10.0. The largest absolute Gasteiger partial charge is 0.303 e. The lowest BCUT2D eigenvalue weighted by Crippen LogP contribution is -2.24. The second-order valence-corrected chi connectivity index (χ2v) is 5.57. The van der Waals surface area contributed by atoms with Crippen LogP contribution in [-0.2, 0) is 0 Å². The smallest absolute Gasteiger partial charge is 0.0991 e. The molecule has 0 aliphatic rings. The highest BCUT2D eigenvalue weighted by molar-refractivity contribution is 6.30. The third-order valence-corrected chi connectivity index (χ3v) is 3.89. The van der Waals surface area contributed by atoms with Crippen molar-refractivity contribution in [3.63, 3.8) is 0 Å². The minimum atomic E-state index is 0.210. The Morgan fingerprint density at radius 3 is 2.43 bits per heavy atom. The molecule has 0 radical (unpaired) electrons. The number of nitrogens with one attached hydrogen (secondary N) is 1. The van der Waals surface area contributed by atoms with Crippen molar-refractivity contribution in [1.82, 2.24) is 5.32 Å². The van der Waals surface area contributed by atoms with Crippen LogP contribution in [0.25, 0.3) is 0 Å². The maximum atomic E-state index is 8.85. The Labute approximate surface area is 131 Å². The van der Waals surface area contributed by atoms with Crippen molar-refractivity contribution in [3.8, 4) is 6.07 Å². The second kappa shape index (κ2) is 7.26. The molecular formula is C18H19ClN2. The summed E-state index contributed by atoms with van der Waals surface area (Å²) in [6, 6.07) is 18.3. The molecule has 0 heterocycles. The van der Waals surface area contributed by atoms with E-state index in [1.54, 1.807) is 0 Å². The Kier molecular flexibility index (Phi) is 5.38. The van der Waals surface area contributed by atoms with Crippen LogP contribution in [0.3, 0.4) is 0 Å². The molecule has 0 bridgehead atoms. The van der Waals surface area contributed by atoms with Crippen molar-refractivity contribution in [3.05, 3.63) is 70.2 Å². The lowest BCUT2D eigenvalue weighted by Gasteiger charge is -2.23. The van der Waals surface area contributed by atoms with Crippen LogP contribution >= 0.6 is 11.6 Å². The van der Waals surface area contributed by atoms with Crippen molar-refractivity contribution in [2.45, 2.75) is 32.4 Å². The van der Waals surface area contributed by atoms with Gasteiger partial charge in [-0.05, 0) is 48.7 Å². The van der Waals surface area contributed by atoms with Gasteiger partial charge in [-0.25, -0.2) is 0 Å². The van der Waals surface area contributed by atoms with E-state index in [1.807, 2.05) is 42.5 Å². The molecule has 0 aliphatic heterocycles. The number of hydrogen-bond donors (Lipinski definition) is 1. The zero-order valence-electron chi connectivity index (χ0n) is 12.3. The molecule has 0 aromatic heterocycles. The van der Waals surface area contributed by atoms with Gasteiger partial charge in [0.05, 0.1) is 11.6 Å². The van der Waals surface area contributed by atoms with Crippen LogP contribution in [0.4, 0.5) is 0 Å². The zero-order valence-corrected chi connectivity index (χ0v) is 13.1. The topological polar surface area (TPSA) is 35.8 Å². The van der Waals surface area contributed by atoms with Crippen LogP contribution in [0.5, 0.6) is 0 Å². The van der Waals surface area contributed by atoms with Crippen LogP contribution in [0.2, 0.25) is 5.02 Å². The molecule has 3 heteroatoms. The van der Waals surface area contributed by atoms with Gasteiger partial charge in [-0.2, -0.15) is 5.26 Å². The zero-order chi connectivity index (χ0) is 15.2. The number of rotatable bonds is 5. The fourth-order valence-corrected chi connectivity index (χ4v) is 2.62. The quantitative estimate of drug-likeness (QED) is 0.842. The summed E-state index contributed by atoms with van der Waals surface area (Å²) in [6.07, 6.45) is 0.987. The molecule has 0 aliphatic carbocycles. The molecule has 0 amide bonds. The number of nitrogens with zero attached hydrogens (tertiary/aromatic N) is 1. The highest BCUT2D eigenvalue weighted by Gasteiger charge is 2.14. The summed E-state index contributed by atoms with van der Waals surface area (Å²) in [5.41, 5.74) is 3.06. The second-order valence-electron chi connectivity index (χ2n) is 5.14. The summed E-state index contributed by atoms with van der Waals surface area (Å²) in [7, 11) is 0. The van der Waals surface area contributed by atoms with Gasteiger partial charge in [0.15, 0.2) is 0 Å². The maximum absolute atomic E-state index is 8.85. The van der Waals surface area contributed by atoms with Crippen molar-refractivity contribution < 1.29 is 0 Å². The average molecular weight is 299 g/mol. The van der Waals surface area contributed by atoms with Crippen molar-refractivity contribution in [2.75, 3.05) is 0 Å². The number of halogens is 1. The lowest BCUT2D eigenvalue weighted by molar-refractivity contribution is 0.456. The van der Waals surface area contributed by atoms with Gasteiger partial charge in [-0.1, -0.05) is 42.8 Å². The van der Waals surface area contributed by atoms with Crippen LogP contribution < -0.4 is 5.32 Å². The molecule has 0 fully saturated rings. The van der Waals surface area contributed by atoms with Gasteiger partial charge >= 0.3 is 0 Å². The third-order valence-electron chi connectivity index (χ3n) is 3.65. The van der Waals surface area contributed by atoms with E-state index in [4.69, 9.17) is 16.9 Å². The third kappa shape index (κ3) is 4.07. The normalized spacial score (nSPS) is 13.4. The summed E-state index contributed by atoms with van der Waals surface area (Å²) in [5.74, 6) is 0. The first-order valence-electron chi connectivity index (χ1n) is 7.15. The van der Waals surface area contributed by atoms with Crippen LogP contribution in [0, 0.1) is 11.3 Å². The van der Waals surface area contributed by atoms with Gasteiger partial charge in [0.2, 0.25) is 0 Å². The molecule has 1 N–H and O–H groups in total. The average Bonchev–Trinajstić information content (AvgIpc) is 2.52. The van der Waals surface area contributed by atoms with E-state index in [0.717, 1.165) is 11.4 Å². The van der Waals surface area contributed by atoms with E-state index in [2.05, 4.69) is 31.3 Å². The van der Waals surface area contributed by atoms with Gasteiger partial charge < -0.3 is 5.32 Å². The van der Waals surface area contributed by atoms with E-state index in [9.17, 15) is 0 Å². The number of nitriles is 1. The van der Waals surface area contributed by atoms with Gasteiger partial charge in [-0.15, -0.1) is 0 Å². The fourth-order valence-electron chi connectivity index (χ4n) is 2.42. The minimum Gasteiger partial charge on any atom is -0.303 e. The van der Waals surface area contributed by atoms with Crippen molar-refractivity contribution in [1.29, 1.82) is 5.26 Å². The van der Waals surface area contributed by atoms with Crippen LogP contribution in [-0.4, -0.2) is 0 Å². The molecular weight excluding hydrogens is 280 g/mol. The van der Waals surface area contributed by atoms with Crippen molar-refractivity contribution in [2.24, 2.45) is 0 Å². The van der Waals surface area contributed by atoms with E-state index in [-0.39, 0.29) is 12.1 Å². The first-order chi connectivity index (χ1) is 10.1. The molecule has 0 spiro atoms. The SMILES string of the molecule is CCC(NC(C)c1ccc(C#N)cc1)c1cccc(Cl)c1. The number of hydrogen-bond acceptors (Lipinski definition) is 2. The van der Waals surface area contributed by atoms with E-state index in [0.29, 0.717) is 5.56 Å². The predicted octanol–water partition coefficient (Wildman–Crippen LogP) is 5.01. The highest BCUT2D eigenvalue weighted by atomic mass is 35.5. The van der Waals surface area contributed by atoms with Crippen molar-refractivity contribution >= 4 is 11.6 Å². The Balaban J connectivity index is 2.12. The fraction of sp³-hybridized carbons (Fsp3) is 0.278. The van der Waals surface area contributed by atoms with E-state index in [1.165, 1.54) is 11.1 Å². The molecule has 0 saturated heterocycles. The monoisotopic (exact) mass is 298 g/mol. The first-order valence-corrected chi connectivity index (χ1v) is 7.53. The summed E-state index contributed by atoms with van der Waals surface area (Å²) < 4.78 is 0. The predicted molar refractivity (Wildman–Crippen MR) is 87.2 cm³/mol. The number of benzene rings is 2. The molecule has 2 rings (SSSR count). The maximum Gasteiger partial charge on any atom is 0.0991 e. The van der Waals surface area contributed by atoms with Gasteiger partial charge in [-0.3, -0.25) is 0 Å². The summed E-state index contributed by atoms with van der Waals surface area (Å²) in [4.78, 5) is 0. The Bertz CT molecular complexity index is 628. The van der Waals surface area contributed by atoms with Gasteiger partial charge in [0.25, 0.3) is 0 Å². The molecule has 21 heavy (non-hydrogen) atoms. The van der Waals surface area contributed by atoms with Crippen LogP contribution in [0.1, 0.15) is 49.0 Å². The van der Waals surface area contributed by atoms with E-state index < -0.39 is 0 Å². The van der Waals surface area contributed by atoms with Gasteiger partial charge in [0, 0.05) is 17.1 Å². The Morgan fingerprint density at radius 2 is 1.86 bits per heavy atom. The summed E-state index contributed by atoms with van der Waals surface area (Å²) in [5, 5.41) is 13.2. The molecule has 2 aromatic rings. The Hall–Kier alpha value is -1.82. The molecule has 2 unspecified atom stereocenters. The molecule has 0 saturated carbocycles. The molecule has 2 aromatic carbocycles. The highest BCUT2D eigenvalue weighted by Crippen LogP contribution is 2.24. The summed E-state index contributed by atoms with van der Waals surface area (Å²) in [6.45, 7) is 4.29.